The van der Waals surface area contributed by atoms with Gasteiger partial charge in [-0.05, 0) is 38.9 Å². The summed E-state index contributed by atoms with van der Waals surface area (Å²) in [6.07, 6.45) is 61.6. The van der Waals surface area contributed by atoms with Crippen LogP contribution in [0.5, 0.6) is 0 Å². The molecule has 49 heavy (non-hydrogen) atoms. The van der Waals surface area contributed by atoms with Crippen molar-refractivity contribution in [3.8, 4) is 0 Å². The minimum absolute atomic E-state index is 1.37. The van der Waals surface area contributed by atoms with Crippen molar-refractivity contribution >= 4 is 0 Å². The Bertz CT molecular complexity index is 467. The maximum atomic E-state index is 2.88. The third kappa shape index (κ3) is 44.0. The predicted octanol–water partition coefficient (Wildman–Crippen LogP) is 17.7. The van der Waals surface area contributed by atoms with Gasteiger partial charge in [0.1, 0.15) is 0 Å². The fourth-order valence-corrected chi connectivity index (χ4v) is 7.93. The number of hydrogen-bond acceptors (Lipinski definition) is 1. The monoisotopic (exact) mass is 690 g/mol. The lowest BCUT2D eigenvalue weighted by molar-refractivity contribution is 0.254. The molecule has 0 amide bonds. The number of nitrogens with zero attached hydrogens (tertiary/aromatic N) is 1. The Labute approximate surface area is 314 Å². The second-order valence-corrected chi connectivity index (χ2v) is 16.6. The lowest BCUT2D eigenvalue weighted by Gasteiger charge is -2.22. The van der Waals surface area contributed by atoms with Crippen LogP contribution in [0, 0.1) is 0 Å². The van der Waals surface area contributed by atoms with Crippen molar-refractivity contribution in [3.05, 3.63) is 0 Å². The summed E-state index contributed by atoms with van der Waals surface area (Å²) in [5.41, 5.74) is 0. The lowest BCUT2D eigenvalue weighted by Crippen LogP contribution is -2.27. The Kier molecular flexibility index (Phi) is 45.9. The minimum Gasteiger partial charge on any atom is -0.303 e. The molecule has 0 aromatic heterocycles. The van der Waals surface area contributed by atoms with E-state index in [1.807, 2.05) is 0 Å². The zero-order valence-electron chi connectivity index (χ0n) is 35.3. The highest BCUT2D eigenvalue weighted by Crippen LogP contribution is 2.17. The molecule has 0 radical (unpaired) electrons. The summed E-state index contributed by atoms with van der Waals surface area (Å²) in [5, 5.41) is 0. The summed E-state index contributed by atoms with van der Waals surface area (Å²) in [6.45, 7) is 11.1. The smallest absolute Gasteiger partial charge is 0.00187 e. The van der Waals surface area contributed by atoms with Gasteiger partial charge in [-0.15, -0.1) is 0 Å². The van der Waals surface area contributed by atoms with Crippen molar-refractivity contribution in [1.82, 2.24) is 4.90 Å². The van der Waals surface area contributed by atoms with Gasteiger partial charge in [-0.3, -0.25) is 0 Å². The molecule has 0 rings (SSSR count). The molecule has 0 atom stereocenters. The van der Waals surface area contributed by atoms with E-state index in [2.05, 4.69) is 25.7 Å². The Morgan fingerprint density at radius 3 is 0.429 bits per heavy atom. The summed E-state index contributed by atoms with van der Waals surface area (Å²) in [6, 6.07) is 0. The highest BCUT2D eigenvalue weighted by Gasteiger charge is 2.05. The third-order valence-corrected chi connectivity index (χ3v) is 11.5. The van der Waals surface area contributed by atoms with E-state index in [1.165, 1.54) is 289 Å². The standard InChI is InChI=1S/C48H99N/c1-4-7-10-13-16-19-22-25-28-31-34-37-40-43-46-49(47-44-41-38-35-32-29-26-23-20-17-14-11-8-5-2)48-45-42-39-36-33-30-27-24-21-18-15-12-9-6-3/h4-48H2,1-3H3. The Morgan fingerprint density at radius 1 is 0.163 bits per heavy atom. The topological polar surface area (TPSA) is 3.24 Å². The van der Waals surface area contributed by atoms with Crippen molar-refractivity contribution in [1.29, 1.82) is 0 Å². The van der Waals surface area contributed by atoms with Crippen LogP contribution in [0.25, 0.3) is 0 Å². The van der Waals surface area contributed by atoms with Crippen LogP contribution in [0.4, 0.5) is 0 Å². The van der Waals surface area contributed by atoms with Gasteiger partial charge in [-0.25, -0.2) is 0 Å². The van der Waals surface area contributed by atoms with Crippen LogP contribution >= 0.6 is 0 Å². The van der Waals surface area contributed by atoms with Crippen LogP contribution < -0.4 is 0 Å². The maximum absolute atomic E-state index is 2.88. The highest BCUT2D eigenvalue weighted by molar-refractivity contribution is 4.61. The first-order valence-corrected chi connectivity index (χ1v) is 24.1. The fraction of sp³-hybridized carbons (Fsp3) is 1.00. The molecule has 0 aromatic rings. The molecule has 0 heterocycles. The van der Waals surface area contributed by atoms with Gasteiger partial charge in [-0.2, -0.15) is 0 Å². The second kappa shape index (κ2) is 46.0. The molecule has 0 N–H and O–H groups in total. The molecule has 0 aliphatic heterocycles. The highest BCUT2D eigenvalue weighted by atomic mass is 15.1. The number of hydrogen-bond donors (Lipinski definition) is 0. The van der Waals surface area contributed by atoms with Crippen molar-refractivity contribution in [3.63, 3.8) is 0 Å². The van der Waals surface area contributed by atoms with E-state index in [-0.39, 0.29) is 0 Å². The molecule has 0 unspecified atom stereocenters. The molecule has 1 heteroatoms. The van der Waals surface area contributed by atoms with Crippen LogP contribution in [0.2, 0.25) is 0 Å². The van der Waals surface area contributed by atoms with Gasteiger partial charge in [0.25, 0.3) is 0 Å². The molecule has 0 spiro atoms. The first-order chi connectivity index (χ1) is 24.3. The van der Waals surface area contributed by atoms with Crippen LogP contribution in [0.15, 0.2) is 0 Å². The molecule has 0 saturated carbocycles. The van der Waals surface area contributed by atoms with Crippen LogP contribution in [-0.4, -0.2) is 24.5 Å². The van der Waals surface area contributed by atoms with Gasteiger partial charge in [-0.1, -0.05) is 271 Å². The van der Waals surface area contributed by atoms with Gasteiger partial charge in [0.2, 0.25) is 0 Å². The fourth-order valence-electron chi connectivity index (χ4n) is 7.93. The number of rotatable bonds is 45. The second-order valence-electron chi connectivity index (χ2n) is 16.6. The van der Waals surface area contributed by atoms with Gasteiger partial charge in [0, 0.05) is 0 Å². The van der Waals surface area contributed by atoms with Crippen molar-refractivity contribution in [2.24, 2.45) is 0 Å². The average molecular weight is 690 g/mol. The van der Waals surface area contributed by atoms with E-state index in [0.717, 1.165) is 0 Å². The van der Waals surface area contributed by atoms with Crippen molar-refractivity contribution < 1.29 is 0 Å². The van der Waals surface area contributed by atoms with E-state index in [0.29, 0.717) is 0 Å². The SMILES string of the molecule is CCCCCCCCCCCCCCCCN(CCCCCCCCCCCCCCCC)CCCCCCCCCCCCCCCC. The normalized spacial score (nSPS) is 11.8. The Hall–Kier alpha value is -0.0400. The third-order valence-electron chi connectivity index (χ3n) is 11.5. The average Bonchev–Trinajstić information content (AvgIpc) is 3.11. The van der Waals surface area contributed by atoms with E-state index in [9.17, 15) is 0 Å². The first kappa shape index (κ1) is 49.0. The first-order valence-electron chi connectivity index (χ1n) is 24.1. The van der Waals surface area contributed by atoms with Gasteiger partial charge >= 0.3 is 0 Å². The summed E-state index contributed by atoms with van der Waals surface area (Å²) < 4.78 is 0. The van der Waals surface area contributed by atoms with Crippen LogP contribution in [0.1, 0.15) is 290 Å². The summed E-state index contributed by atoms with van der Waals surface area (Å²) in [7, 11) is 0. The quantitative estimate of drug-likeness (QED) is 0.0575. The van der Waals surface area contributed by atoms with Gasteiger partial charge in [0.15, 0.2) is 0 Å². The van der Waals surface area contributed by atoms with E-state index >= 15 is 0 Å². The largest absolute Gasteiger partial charge is 0.303 e. The maximum Gasteiger partial charge on any atom is -0.00187 e. The van der Waals surface area contributed by atoms with Crippen LogP contribution in [0.3, 0.4) is 0 Å². The van der Waals surface area contributed by atoms with E-state index in [1.54, 1.807) is 0 Å². The zero-order valence-corrected chi connectivity index (χ0v) is 35.3. The van der Waals surface area contributed by atoms with E-state index in [4.69, 9.17) is 0 Å². The summed E-state index contributed by atoms with van der Waals surface area (Å²) in [5.74, 6) is 0. The molecule has 296 valence electrons. The molecule has 0 aromatic carbocycles. The molecule has 0 aliphatic rings. The Balaban J connectivity index is 3.93. The lowest BCUT2D eigenvalue weighted by atomic mass is 10.0. The van der Waals surface area contributed by atoms with Crippen molar-refractivity contribution in [2.45, 2.75) is 290 Å². The summed E-state index contributed by atoms with van der Waals surface area (Å²) in [4.78, 5) is 2.88. The Morgan fingerprint density at radius 2 is 0.286 bits per heavy atom. The molecule has 0 aliphatic carbocycles. The zero-order chi connectivity index (χ0) is 35.4. The molecule has 0 fully saturated rings. The molecular formula is C48H99N. The number of unbranched alkanes of at least 4 members (excludes halogenated alkanes) is 39. The molecular weight excluding hydrogens is 591 g/mol. The van der Waals surface area contributed by atoms with Crippen LogP contribution in [-0.2, 0) is 0 Å². The van der Waals surface area contributed by atoms with Gasteiger partial charge in [0.05, 0.1) is 0 Å². The molecule has 1 nitrogen and oxygen atoms in total. The van der Waals surface area contributed by atoms with Gasteiger partial charge < -0.3 is 4.90 Å². The van der Waals surface area contributed by atoms with Crippen molar-refractivity contribution in [2.75, 3.05) is 19.6 Å². The predicted molar refractivity (Wildman–Crippen MR) is 227 cm³/mol. The summed E-state index contributed by atoms with van der Waals surface area (Å²) >= 11 is 0. The minimum atomic E-state index is 1.37. The molecule has 0 bridgehead atoms. The van der Waals surface area contributed by atoms with E-state index < -0.39 is 0 Å². The molecule has 0 saturated heterocycles.